The van der Waals surface area contributed by atoms with Crippen LogP contribution in [0.2, 0.25) is 5.02 Å². The number of hydrogen-bond acceptors (Lipinski definition) is 1. The van der Waals surface area contributed by atoms with Crippen molar-refractivity contribution in [2.75, 3.05) is 0 Å². The van der Waals surface area contributed by atoms with Crippen LogP contribution >= 0.6 is 23.8 Å². The summed E-state index contributed by atoms with van der Waals surface area (Å²) >= 11 is 11.5. The summed E-state index contributed by atoms with van der Waals surface area (Å²) in [6, 6.07) is 14.1. The highest BCUT2D eigenvalue weighted by atomic mass is 35.5. The Labute approximate surface area is 121 Å². The van der Waals surface area contributed by atoms with Gasteiger partial charge in [0, 0.05) is 5.02 Å². The molecule has 0 saturated heterocycles. The third kappa shape index (κ3) is 2.31. The van der Waals surface area contributed by atoms with E-state index in [1.54, 1.807) is 0 Å². The van der Waals surface area contributed by atoms with Crippen molar-refractivity contribution in [3.63, 3.8) is 0 Å². The van der Waals surface area contributed by atoms with Gasteiger partial charge < -0.3 is 9.55 Å². The maximum absolute atomic E-state index is 6.07. The zero-order valence-corrected chi connectivity index (χ0v) is 12.1. The predicted molar refractivity (Wildman–Crippen MR) is 82.4 cm³/mol. The van der Waals surface area contributed by atoms with Crippen LogP contribution in [-0.2, 0) is 6.54 Å². The molecule has 0 atom stereocenters. The number of rotatable bonds is 2. The van der Waals surface area contributed by atoms with Crippen LogP contribution in [0.25, 0.3) is 11.0 Å². The minimum Gasteiger partial charge on any atom is -0.331 e. The molecular weight excluding hydrogens is 276 g/mol. The molecule has 1 aromatic heterocycles. The lowest BCUT2D eigenvalue weighted by atomic mass is 10.1. The summed E-state index contributed by atoms with van der Waals surface area (Å²) in [6.45, 7) is 2.87. The van der Waals surface area contributed by atoms with Gasteiger partial charge in [0.15, 0.2) is 4.77 Å². The first-order chi connectivity index (χ1) is 9.15. The molecule has 3 rings (SSSR count). The topological polar surface area (TPSA) is 20.7 Å². The highest BCUT2D eigenvalue weighted by Crippen LogP contribution is 2.21. The average molecular weight is 289 g/mol. The number of aromatic amines is 1. The molecule has 96 valence electrons. The largest absolute Gasteiger partial charge is 0.331 e. The van der Waals surface area contributed by atoms with Gasteiger partial charge in [-0.2, -0.15) is 0 Å². The Morgan fingerprint density at radius 2 is 2.00 bits per heavy atom. The van der Waals surface area contributed by atoms with E-state index in [1.807, 2.05) is 30.3 Å². The van der Waals surface area contributed by atoms with E-state index in [2.05, 4.69) is 28.6 Å². The Morgan fingerprint density at radius 1 is 1.21 bits per heavy atom. The number of H-pyrrole nitrogens is 1. The molecule has 19 heavy (non-hydrogen) atoms. The van der Waals surface area contributed by atoms with Crippen molar-refractivity contribution in [1.82, 2.24) is 9.55 Å². The van der Waals surface area contributed by atoms with Crippen LogP contribution in [0.5, 0.6) is 0 Å². The van der Waals surface area contributed by atoms with E-state index >= 15 is 0 Å². The fourth-order valence-corrected chi connectivity index (χ4v) is 2.68. The minimum atomic E-state index is 0.722. The van der Waals surface area contributed by atoms with E-state index in [9.17, 15) is 0 Å². The average Bonchev–Trinajstić information content (AvgIpc) is 2.69. The molecule has 2 aromatic carbocycles. The fourth-order valence-electron chi connectivity index (χ4n) is 2.24. The molecule has 0 amide bonds. The number of nitrogens with zero attached hydrogens (tertiary/aromatic N) is 1. The van der Waals surface area contributed by atoms with E-state index in [0.717, 1.165) is 27.4 Å². The van der Waals surface area contributed by atoms with Crippen molar-refractivity contribution in [3.05, 3.63) is 63.4 Å². The van der Waals surface area contributed by atoms with E-state index in [1.165, 1.54) is 11.1 Å². The molecule has 1 N–H and O–H groups in total. The van der Waals surface area contributed by atoms with Crippen LogP contribution in [0.15, 0.2) is 42.5 Å². The molecule has 3 aromatic rings. The summed E-state index contributed by atoms with van der Waals surface area (Å²) < 4.78 is 2.80. The molecule has 0 aliphatic carbocycles. The summed E-state index contributed by atoms with van der Waals surface area (Å²) in [7, 11) is 0. The molecule has 0 spiro atoms. The molecule has 0 aliphatic rings. The maximum atomic E-state index is 6.07. The Balaban J connectivity index is 2.15. The number of aromatic nitrogens is 2. The third-order valence-corrected chi connectivity index (χ3v) is 3.88. The van der Waals surface area contributed by atoms with Crippen LogP contribution < -0.4 is 0 Å². The molecule has 0 aliphatic heterocycles. The van der Waals surface area contributed by atoms with E-state index in [-0.39, 0.29) is 0 Å². The zero-order valence-electron chi connectivity index (χ0n) is 10.5. The zero-order chi connectivity index (χ0) is 13.4. The highest BCUT2D eigenvalue weighted by molar-refractivity contribution is 7.71. The fraction of sp³-hybridized carbons (Fsp3) is 0.133. The summed E-state index contributed by atoms with van der Waals surface area (Å²) in [5.74, 6) is 0. The number of fused-ring (bicyclic) bond motifs is 1. The molecule has 2 nitrogen and oxygen atoms in total. The van der Waals surface area contributed by atoms with Gasteiger partial charge in [0.2, 0.25) is 0 Å². The van der Waals surface area contributed by atoms with E-state index in [0.29, 0.717) is 0 Å². The van der Waals surface area contributed by atoms with Crippen molar-refractivity contribution in [1.29, 1.82) is 0 Å². The SMILES string of the molecule is Cc1ccccc1Cn1c(=S)[nH]c2ccc(Cl)cc21. The summed E-state index contributed by atoms with van der Waals surface area (Å²) in [5, 5.41) is 0.722. The summed E-state index contributed by atoms with van der Waals surface area (Å²) in [4.78, 5) is 3.21. The van der Waals surface area contributed by atoms with Gasteiger partial charge in [-0.15, -0.1) is 0 Å². The molecular formula is C15H13ClN2S. The van der Waals surface area contributed by atoms with E-state index in [4.69, 9.17) is 23.8 Å². The minimum absolute atomic E-state index is 0.722. The molecule has 4 heteroatoms. The lowest BCUT2D eigenvalue weighted by Gasteiger charge is -2.08. The van der Waals surface area contributed by atoms with Crippen LogP contribution in [0, 0.1) is 11.7 Å². The number of halogens is 1. The summed E-state index contributed by atoms with van der Waals surface area (Å²) in [6.07, 6.45) is 0. The van der Waals surface area contributed by atoms with Crippen LogP contribution in [0.4, 0.5) is 0 Å². The smallest absolute Gasteiger partial charge is 0.178 e. The van der Waals surface area contributed by atoms with Crippen molar-refractivity contribution in [2.24, 2.45) is 0 Å². The second-order valence-corrected chi connectivity index (χ2v) is 5.43. The lowest BCUT2D eigenvalue weighted by molar-refractivity contribution is 0.805. The van der Waals surface area contributed by atoms with Crippen molar-refractivity contribution >= 4 is 34.9 Å². The monoisotopic (exact) mass is 288 g/mol. The van der Waals surface area contributed by atoms with Crippen molar-refractivity contribution < 1.29 is 0 Å². The lowest BCUT2D eigenvalue weighted by Crippen LogP contribution is -2.01. The molecule has 0 radical (unpaired) electrons. The molecule has 0 saturated carbocycles. The number of benzene rings is 2. The standard InChI is InChI=1S/C15H13ClN2S/c1-10-4-2-3-5-11(10)9-18-14-8-12(16)6-7-13(14)17-15(18)19/h2-8H,9H2,1H3,(H,17,19). The normalized spacial score (nSPS) is 11.1. The Bertz CT molecular complexity index is 801. The van der Waals surface area contributed by atoms with Gasteiger partial charge in [0.25, 0.3) is 0 Å². The number of aryl methyl sites for hydroxylation is 1. The highest BCUT2D eigenvalue weighted by Gasteiger charge is 2.06. The van der Waals surface area contributed by atoms with Crippen LogP contribution in [0.3, 0.4) is 0 Å². The molecule has 0 fully saturated rings. The second-order valence-electron chi connectivity index (χ2n) is 4.60. The van der Waals surface area contributed by atoms with Gasteiger partial charge in [-0.1, -0.05) is 35.9 Å². The molecule has 1 heterocycles. The third-order valence-electron chi connectivity index (χ3n) is 3.33. The number of hydrogen-bond donors (Lipinski definition) is 1. The van der Waals surface area contributed by atoms with Crippen molar-refractivity contribution in [3.8, 4) is 0 Å². The first-order valence-corrected chi connectivity index (χ1v) is 6.86. The Kier molecular flexibility index (Phi) is 3.17. The van der Waals surface area contributed by atoms with Gasteiger partial charge in [0.05, 0.1) is 17.6 Å². The van der Waals surface area contributed by atoms with Crippen LogP contribution in [-0.4, -0.2) is 9.55 Å². The van der Waals surface area contributed by atoms with Gasteiger partial charge in [0.1, 0.15) is 0 Å². The Morgan fingerprint density at radius 3 is 2.79 bits per heavy atom. The summed E-state index contributed by atoms with van der Waals surface area (Å²) in [5.41, 5.74) is 4.59. The van der Waals surface area contributed by atoms with Crippen LogP contribution in [0.1, 0.15) is 11.1 Å². The number of imidazole rings is 1. The van der Waals surface area contributed by atoms with Gasteiger partial charge >= 0.3 is 0 Å². The molecule has 0 unspecified atom stereocenters. The maximum Gasteiger partial charge on any atom is 0.178 e. The van der Waals surface area contributed by atoms with Gasteiger partial charge in [-0.25, -0.2) is 0 Å². The first-order valence-electron chi connectivity index (χ1n) is 6.08. The van der Waals surface area contributed by atoms with Gasteiger partial charge in [-0.3, -0.25) is 0 Å². The molecule has 0 bridgehead atoms. The van der Waals surface area contributed by atoms with E-state index < -0.39 is 0 Å². The first kappa shape index (κ1) is 12.5. The van der Waals surface area contributed by atoms with Crippen molar-refractivity contribution in [2.45, 2.75) is 13.5 Å². The Hall–Kier alpha value is -1.58. The second kappa shape index (κ2) is 4.83. The van der Waals surface area contributed by atoms with Gasteiger partial charge in [-0.05, 0) is 48.5 Å². The quantitative estimate of drug-likeness (QED) is 0.677. The number of nitrogens with one attached hydrogen (secondary N) is 1. The predicted octanol–water partition coefficient (Wildman–Crippen LogP) is 4.71.